The summed E-state index contributed by atoms with van der Waals surface area (Å²) >= 11 is 0. The van der Waals surface area contributed by atoms with Crippen molar-refractivity contribution in [1.29, 1.82) is 5.26 Å². The first-order valence-electron chi connectivity index (χ1n) is 9.72. The van der Waals surface area contributed by atoms with Crippen LogP contribution in [0.15, 0.2) is 46.9 Å². The lowest BCUT2D eigenvalue weighted by Gasteiger charge is -2.32. The van der Waals surface area contributed by atoms with Gasteiger partial charge >= 0.3 is 5.97 Å². The summed E-state index contributed by atoms with van der Waals surface area (Å²) in [6.45, 7) is 1.64. The molecule has 1 heterocycles. The summed E-state index contributed by atoms with van der Waals surface area (Å²) in [5.74, 6) is -0.0887. The predicted octanol–water partition coefficient (Wildman–Crippen LogP) is 3.75. The molecule has 1 saturated carbocycles. The number of para-hydroxylation sites is 1. The fourth-order valence-electron chi connectivity index (χ4n) is 3.27. The van der Waals surface area contributed by atoms with Gasteiger partial charge in [-0.1, -0.05) is 37.5 Å². The monoisotopic (exact) mass is 396 g/mol. The number of benzene rings is 1. The van der Waals surface area contributed by atoms with Gasteiger partial charge < -0.3 is 19.2 Å². The average Bonchev–Trinajstić information content (AvgIpc) is 3.23. The lowest BCUT2D eigenvalue weighted by Crippen LogP contribution is -2.52. The summed E-state index contributed by atoms with van der Waals surface area (Å²) in [7, 11) is 0. The molecule has 0 bridgehead atoms. The van der Waals surface area contributed by atoms with Crippen molar-refractivity contribution in [3.63, 3.8) is 0 Å². The van der Waals surface area contributed by atoms with E-state index in [1.807, 2.05) is 30.3 Å². The molecule has 29 heavy (non-hydrogen) atoms. The Hall–Kier alpha value is -3.27. The van der Waals surface area contributed by atoms with E-state index in [1.54, 1.807) is 6.07 Å². The van der Waals surface area contributed by atoms with Gasteiger partial charge in [0.25, 0.3) is 5.91 Å². The van der Waals surface area contributed by atoms with Crippen LogP contribution in [-0.4, -0.2) is 23.5 Å². The number of furan rings is 1. The molecular formula is C22H24N2O5. The van der Waals surface area contributed by atoms with E-state index in [0.717, 1.165) is 19.3 Å². The fourth-order valence-corrected chi connectivity index (χ4v) is 3.27. The Morgan fingerprint density at radius 2 is 1.90 bits per heavy atom. The van der Waals surface area contributed by atoms with E-state index < -0.39 is 23.5 Å². The van der Waals surface area contributed by atoms with Crippen LogP contribution in [0.25, 0.3) is 0 Å². The van der Waals surface area contributed by atoms with Gasteiger partial charge in [-0.25, -0.2) is 4.79 Å². The number of rotatable bonds is 7. The zero-order valence-electron chi connectivity index (χ0n) is 16.3. The Balaban J connectivity index is 1.52. The van der Waals surface area contributed by atoms with E-state index in [-0.39, 0.29) is 12.4 Å². The molecule has 7 nitrogen and oxygen atoms in total. The number of nitrogens with zero attached hydrogens (tertiary/aromatic N) is 1. The molecule has 1 aromatic carbocycles. The van der Waals surface area contributed by atoms with Gasteiger partial charge in [-0.3, -0.25) is 4.79 Å². The second-order valence-corrected chi connectivity index (χ2v) is 7.16. The minimum atomic E-state index is -1.04. The second kappa shape index (κ2) is 9.28. The number of carbonyl (C=O) groups excluding carboxylic acids is 2. The number of carbonyl (C=O) groups is 2. The minimum Gasteiger partial charge on any atom is -0.486 e. The van der Waals surface area contributed by atoms with Gasteiger partial charge in [0, 0.05) is 0 Å². The zero-order valence-corrected chi connectivity index (χ0v) is 16.3. The van der Waals surface area contributed by atoms with E-state index in [9.17, 15) is 14.9 Å². The molecule has 1 aromatic heterocycles. The molecule has 0 spiro atoms. The van der Waals surface area contributed by atoms with Crippen LogP contribution >= 0.6 is 0 Å². The molecule has 2 aromatic rings. The lowest BCUT2D eigenvalue weighted by atomic mass is 9.83. The normalized spacial score (nSPS) is 16.3. The van der Waals surface area contributed by atoms with Crippen molar-refractivity contribution in [2.24, 2.45) is 0 Å². The summed E-state index contributed by atoms with van der Waals surface area (Å²) in [6, 6.07) is 14.6. The average molecular weight is 396 g/mol. The molecule has 1 aliphatic rings. The van der Waals surface area contributed by atoms with Crippen LogP contribution in [0, 0.1) is 11.3 Å². The number of hydrogen-bond acceptors (Lipinski definition) is 6. The van der Waals surface area contributed by atoms with Crippen LogP contribution in [0.4, 0.5) is 0 Å². The molecule has 0 aliphatic heterocycles. The standard InChI is InChI=1S/C22H24N2O5/c1-16(20(25)24-22(15-23)12-6-3-7-13-22)28-21(26)19-11-10-18(29-19)14-27-17-8-4-2-5-9-17/h2,4-5,8-11,16H,3,6-7,12-14H2,1H3,(H,24,25)/t16-/m1/s1. The minimum absolute atomic E-state index is 0.0102. The first-order chi connectivity index (χ1) is 14.0. The van der Waals surface area contributed by atoms with Crippen LogP contribution in [-0.2, 0) is 16.1 Å². The molecule has 1 atom stereocenters. The van der Waals surface area contributed by atoms with E-state index in [2.05, 4.69) is 11.4 Å². The fraction of sp³-hybridized carbons (Fsp3) is 0.409. The first kappa shape index (κ1) is 20.5. The zero-order chi connectivity index (χ0) is 20.7. The molecular weight excluding hydrogens is 372 g/mol. The van der Waals surface area contributed by atoms with Crippen LogP contribution in [0.1, 0.15) is 55.3 Å². The number of nitrogens with one attached hydrogen (secondary N) is 1. The van der Waals surface area contributed by atoms with Gasteiger partial charge in [-0.15, -0.1) is 0 Å². The second-order valence-electron chi connectivity index (χ2n) is 7.16. The maximum Gasteiger partial charge on any atom is 0.375 e. The van der Waals surface area contributed by atoms with E-state index in [1.165, 1.54) is 13.0 Å². The predicted molar refractivity (Wildman–Crippen MR) is 104 cm³/mol. The molecule has 152 valence electrons. The van der Waals surface area contributed by atoms with E-state index >= 15 is 0 Å². The molecule has 0 unspecified atom stereocenters. The maximum absolute atomic E-state index is 12.4. The largest absolute Gasteiger partial charge is 0.486 e. The molecule has 7 heteroatoms. The van der Waals surface area contributed by atoms with Crippen molar-refractivity contribution in [2.45, 2.75) is 57.3 Å². The number of nitriles is 1. The van der Waals surface area contributed by atoms with Crippen molar-refractivity contribution in [1.82, 2.24) is 5.32 Å². The lowest BCUT2D eigenvalue weighted by molar-refractivity contribution is -0.130. The third kappa shape index (κ3) is 5.38. The highest BCUT2D eigenvalue weighted by molar-refractivity contribution is 5.90. The SMILES string of the molecule is C[C@@H](OC(=O)c1ccc(COc2ccccc2)o1)C(=O)NC1(C#N)CCCCC1. The van der Waals surface area contributed by atoms with Crippen molar-refractivity contribution in [3.8, 4) is 11.8 Å². The molecule has 1 aliphatic carbocycles. The molecule has 0 saturated heterocycles. The maximum atomic E-state index is 12.4. The van der Waals surface area contributed by atoms with Gasteiger partial charge in [0.2, 0.25) is 5.76 Å². The van der Waals surface area contributed by atoms with Crippen LogP contribution in [0.5, 0.6) is 5.75 Å². The summed E-state index contributed by atoms with van der Waals surface area (Å²) < 4.78 is 16.2. The molecule has 3 rings (SSSR count). The summed E-state index contributed by atoms with van der Waals surface area (Å²) in [6.07, 6.45) is 3.02. The van der Waals surface area contributed by atoms with Crippen molar-refractivity contribution < 1.29 is 23.5 Å². The van der Waals surface area contributed by atoms with Gasteiger partial charge in [0.05, 0.1) is 6.07 Å². The quantitative estimate of drug-likeness (QED) is 0.715. The number of esters is 1. The third-order valence-corrected chi connectivity index (χ3v) is 4.92. The van der Waals surface area contributed by atoms with Gasteiger partial charge in [0.15, 0.2) is 6.10 Å². The third-order valence-electron chi connectivity index (χ3n) is 4.92. The molecule has 1 amide bonds. The van der Waals surface area contributed by atoms with Crippen molar-refractivity contribution in [2.75, 3.05) is 0 Å². The Labute approximate surface area is 169 Å². The highest BCUT2D eigenvalue weighted by Crippen LogP contribution is 2.27. The summed E-state index contributed by atoms with van der Waals surface area (Å²) in [4.78, 5) is 24.7. The number of amides is 1. The van der Waals surface area contributed by atoms with Crippen LogP contribution in [0.3, 0.4) is 0 Å². The van der Waals surface area contributed by atoms with E-state index in [4.69, 9.17) is 13.9 Å². The highest BCUT2D eigenvalue weighted by Gasteiger charge is 2.35. The van der Waals surface area contributed by atoms with Crippen LogP contribution < -0.4 is 10.1 Å². The summed E-state index contributed by atoms with van der Waals surface area (Å²) in [5.41, 5.74) is -0.872. The Bertz CT molecular complexity index is 878. The Morgan fingerprint density at radius 3 is 2.59 bits per heavy atom. The van der Waals surface area contributed by atoms with Crippen LogP contribution in [0.2, 0.25) is 0 Å². The Morgan fingerprint density at radius 1 is 1.17 bits per heavy atom. The van der Waals surface area contributed by atoms with Crippen molar-refractivity contribution in [3.05, 3.63) is 54.0 Å². The Kier molecular flexibility index (Phi) is 6.55. The molecule has 1 N–H and O–H groups in total. The highest BCUT2D eigenvalue weighted by atomic mass is 16.6. The smallest absolute Gasteiger partial charge is 0.375 e. The van der Waals surface area contributed by atoms with Gasteiger partial charge in [-0.05, 0) is 44.0 Å². The van der Waals surface area contributed by atoms with E-state index in [0.29, 0.717) is 24.4 Å². The van der Waals surface area contributed by atoms with Gasteiger partial charge in [0.1, 0.15) is 23.7 Å². The number of hydrogen-bond donors (Lipinski definition) is 1. The van der Waals surface area contributed by atoms with Gasteiger partial charge in [-0.2, -0.15) is 5.26 Å². The topological polar surface area (TPSA) is 102 Å². The summed E-state index contributed by atoms with van der Waals surface area (Å²) in [5, 5.41) is 12.2. The molecule has 0 radical (unpaired) electrons. The first-order valence-corrected chi connectivity index (χ1v) is 9.72. The number of ether oxygens (including phenoxy) is 2. The molecule has 1 fully saturated rings. The van der Waals surface area contributed by atoms with Crippen molar-refractivity contribution >= 4 is 11.9 Å².